The Morgan fingerprint density at radius 1 is 0.810 bits per heavy atom. The van der Waals surface area contributed by atoms with Crippen molar-refractivity contribution in [2.45, 2.75) is 88.0 Å². The highest BCUT2D eigenvalue weighted by Gasteiger charge is 2.38. The summed E-state index contributed by atoms with van der Waals surface area (Å²) in [5.74, 6) is -5.56. The van der Waals surface area contributed by atoms with E-state index in [0.29, 0.717) is 55.2 Å². The Labute approximate surface area is 358 Å². The fourth-order valence-electron chi connectivity index (χ4n) is 9.47. The molecule has 332 valence electrons. The Kier molecular flexibility index (Phi) is 11.4. The molecule has 4 aromatic rings. The Morgan fingerprint density at radius 2 is 1.52 bits per heavy atom. The van der Waals surface area contributed by atoms with Gasteiger partial charge in [0.25, 0.3) is 11.8 Å². The van der Waals surface area contributed by atoms with Crippen molar-refractivity contribution < 1.29 is 45.9 Å². The van der Waals surface area contributed by atoms with E-state index < -0.39 is 58.7 Å². The third-order valence-electron chi connectivity index (χ3n) is 13.1. The molecule has 3 aliphatic heterocycles. The number of hydrogen-bond donors (Lipinski definition) is 3. The molecule has 3 N–H and O–H groups in total. The van der Waals surface area contributed by atoms with Crippen molar-refractivity contribution in [1.82, 2.24) is 35.2 Å². The number of carbonyl (C=O) groups is 5. The van der Waals surface area contributed by atoms with Crippen LogP contribution in [0.4, 0.5) is 33.3 Å². The molecule has 5 heterocycles. The van der Waals surface area contributed by atoms with Crippen molar-refractivity contribution >= 4 is 51.8 Å². The number of rotatable bonds is 9. The van der Waals surface area contributed by atoms with Gasteiger partial charge in [0.05, 0.1) is 34.6 Å². The van der Waals surface area contributed by atoms with Crippen molar-refractivity contribution in [3.8, 4) is 0 Å². The van der Waals surface area contributed by atoms with Crippen molar-refractivity contribution in [2.24, 2.45) is 5.92 Å². The fraction of sp³-hybridized carbons (Fsp3) is 0.477. The van der Waals surface area contributed by atoms with Gasteiger partial charge in [-0.15, -0.1) is 0 Å². The maximum Gasteiger partial charge on any atom is 0.433 e. The summed E-state index contributed by atoms with van der Waals surface area (Å²) in [4.78, 5) is 73.5. The van der Waals surface area contributed by atoms with Crippen LogP contribution in [0.15, 0.2) is 48.7 Å². The van der Waals surface area contributed by atoms with Crippen LogP contribution in [0.2, 0.25) is 0 Å². The lowest BCUT2D eigenvalue weighted by Gasteiger charge is -2.42. The van der Waals surface area contributed by atoms with Gasteiger partial charge in [-0.05, 0) is 87.8 Å². The molecule has 2 atom stereocenters. The molecule has 0 spiro atoms. The molecule has 2 aromatic carbocycles. The first-order valence-electron chi connectivity index (χ1n) is 21.5. The van der Waals surface area contributed by atoms with E-state index >= 15 is 8.78 Å². The molecule has 63 heavy (non-hydrogen) atoms. The molecule has 2 saturated carbocycles. The lowest BCUT2D eigenvalue weighted by Crippen LogP contribution is -2.53. The predicted molar refractivity (Wildman–Crippen MR) is 219 cm³/mol. The predicted octanol–water partition coefficient (Wildman–Crippen LogP) is 5.55. The van der Waals surface area contributed by atoms with E-state index in [1.54, 1.807) is 17.0 Å². The minimum atomic E-state index is -4.73. The van der Waals surface area contributed by atoms with Crippen LogP contribution in [0.3, 0.4) is 0 Å². The molecule has 0 radical (unpaired) electrons. The summed E-state index contributed by atoms with van der Waals surface area (Å²) in [6.07, 6.45) is 2.86. The van der Waals surface area contributed by atoms with Crippen molar-refractivity contribution in [1.29, 1.82) is 0 Å². The van der Waals surface area contributed by atoms with Gasteiger partial charge >= 0.3 is 6.18 Å². The van der Waals surface area contributed by atoms with Crippen molar-refractivity contribution in [3.63, 3.8) is 0 Å². The standard InChI is InChI=1S/C44H46F5N9O5/c45-32-19-29(20-33(46)39(32)30-10-11-38(59)53-40(30)60)57-13-12-24(22-57)43(63)56-16-14-55(15-17-56)27-6-8-28(9-7-27)58-23-25-18-36(31(21-35(25)54-58)41(61)50-26-4-5-26)52-42(62)34-2-1-3-37(51-34)44(47,48)49/h1-3,18-21,23-24,26-28,30H,4-17,22H2,(H,50,61)(H,52,62)(H,53,59,60)/t24-,27?,28?,30-/m1/s1. The Morgan fingerprint density at radius 3 is 2.21 bits per heavy atom. The first-order chi connectivity index (χ1) is 30.2. The summed E-state index contributed by atoms with van der Waals surface area (Å²) < 4.78 is 72.3. The Bertz CT molecular complexity index is 2450. The van der Waals surface area contributed by atoms with Crippen LogP contribution in [0, 0.1) is 17.6 Å². The summed E-state index contributed by atoms with van der Waals surface area (Å²) in [7, 11) is 0. The van der Waals surface area contributed by atoms with E-state index in [2.05, 4.69) is 25.8 Å². The van der Waals surface area contributed by atoms with Gasteiger partial charge in [-0.25, -0.2) is 13.8 Å². The maximum atomic E-state index is 15.2. The molecule has 3 saturated heterocycles. The molecule has 2 aromatic heterocycles. The topological polar surface area (TPSA) is 162 Å². The summed E-state index contributed by atoms with van der Waals surface area (Å²) in [5, 5.41) is 13.1. The minimum absolute atomic E-state index is 0.00574. The number of hydrogen-bond acceptors (Lipinski definition) is 9. The average molecular weight is 876 g/mol. The van der Waals surface area contributed by atoms with Gasteiger partial charge in [-0.1, -0.05) is 6.07 Å². The number of carbonyl (C=O) groups excluding carboxylic acids is 5. The second-order valence-corrected chi connectivity index (χ2v) is 17.3. The highest BCUT2D eigenvalue weighted by atomic mass is 19.4. The molecule has 2 aliphatic carbocycles. The lowest BCUT2D eigenvalue weighted by atomic mass is 9.89. The fourth-order valence-corrected chi connectivity index (χ4v) is 9.47. The van der Waals surface area contributed by atoms with Crippen LogP contribution in [0.1, 0.15) is 102 Å². The number of piperidine rings is 1. The lowest BCUT2D eigenvalue weighted by molar-refractivity contribution is -0.141. The zero-order chi connectivity index (χ0) is 44.2. The molecular formula is C44H46F5N9O5. The van der Waals surface area contributed by atoms with Crippen molar-refractivity contribution in [3.05, 3.63) is 82.8 Å². The molecule has 0 bridgehead atoms. The van der Waals surface area contributed by atoms with Crippen LogP contribution in [-0.4, -0.2) is 105 Å². The van der Waals surface area contributed by atoms with Gasteiger partial charge in [-0.3, -0.25) is 38.9 Å². The number of alkyl halides is 3. The molecule has 5 amide bonds. The van der Waals surface area contributed by atoms with Crippen LogP contribution in [0.25, 0.3) is 10.9 Å². The molecule has 14 nitrogen and oxygen atoms in total. The highest BCUT2D eigenvalue weighted by molar-refractivity contribution is 6.10. The van der Waals surface area contributed by atoms with Crippen molar-refractivity contribution in [2.75, 3.05) is 49.5 Å². The monoisotopic (exact) mass is 875 g/mol. The van der Waals surface area contributed by atoms with Gasteiger partial charge in [0.15, 0.2) is 0 Å². The van der Waals surface area contributed by atoms with Gasteiger partial charge in [0.1, 0.15) is 23.0 Å². The number of pyridine rings is 1. The van der Waals surface area contributed by atoms with E-state index in [-0.39, 0.29) is 53.6 Å². The van der Waals surface area contributed by atoms with E-state index in [1.807, 2.05) is 15.8 Å². The molecular weight excluding hydrogens is 830 g/mol. The minimum Gasteiger partial charge on any atom is -0.371 e. The van der Waals surface area contributed by atoms with E-state index in [1.165, 1.54) is 18.2 Å². The van der Waals surface area contributed by atoms with Crippen LogP contribution in [-0.2, 0) is 20.6 Å². The molecule has 19 heteroatoms. The normalized spacial score (nSPS) is 23.5. The third kappa shape index (κ3) is 8.97. The smallest absolute Gasteiger partial charge is 0.371 e. The van der Waals surface area contributed by atoms with E-state index in [9.17, 15) is 37.1 Å². The number of piperazine rings is 1. The first kappa shape index (κ1) is 42.3. The number of aromatic nitrogens is 3. The molecule has 5 aliphatic rings. The summed E-state index contributed by atoms with van der Waals surface area (Å²) >= 11 is 0. The number of nitrogens with one attached hydrogen (secondary N) is 3. The largest absolute Gasteiger partial charge is 0.433 e. The first-order valence-corrected chi connectivity index (χ1v) is 21.5. The summed E-state index contributed by atoms with van der Waals surface area (Å²) in [6, 6.07) is 9.10. The number of anilines is 2. The number of fused-ring (bicyclic) bond motifs is 1. The summed E-state index contributed by atoms with van der Waals surface area (Å²) in [5.41, 5.74) is -0.844. The molecule has 5 fully saturated rings. The molecule has 0 unspecified atom stereocenters. The van der Waals surface area contributed by atoms with Gasteiger partial charge in [0.2, 0.25) is 17.7 Å². The highest BCUT2D eigenvalue weighted by Crippen LogP contribution is 2.36. The van der Waals surface area contributed by atoms with E-state index in [4.69, 9.17) is 5.10 Å². The zero-order valence-corrected chi connectivity index (χ0v) is 34.2. The third-order valence-corrected chi connectivity index (χ3v) is 13.1. The van der Waals surface area contributed by atoms with Gasteiger partial charge < -0.3 is 20.4 Å². The quantitative estimate of drug-likeness (QED) is 0.145. The average Bonchev–Trinajstić information content (AvgIpc) is 3.75. The second kappa shape index (κ2) is 17.0. The number of nitrogens with zero attached hydrogens (tertiary/aromatic N) is 6. The van der Waals surface area contributed by atoms with Gasteiger partial charge in [-0.2, -0.15) is 18.3 Å². The van der Waals surface area contributed by atoms with Crippen LogP contribution < -0.4 is 20.9 Å². The number of amides is 5. The van der Waals surface area contributed by atoms with Crippen LogP contribution >= 0.6 is 0 Å². The molecule has 9 rings (SSSR count). The maximum absolute atomic E-state index is 15.2. The Balaban J connectivity index is 0.790. The second-order valence-electron chi connectivity index (χ2n) is 17.3. The number of halogens is 5. The SMILES string of the molecule is O=C1CC[C@H](c2c(F)cc(N3CC[C@@H](C(=O)N4CCN(C5CCC(n6cc7cc(NC(=O)c8cccc(C(F)(F)F)n8)c(C(=O)NC8CC8)cc7n6)CC5)CC4)C3)cc2F)C(=O)N1. The van der Waals surface area contributed by atoms with Crippen LogP contribution in [0.5, 0.6) is 0 Å². The zero-order valence-electron chi connectivity index (χ0n) is 34.2. The number of imide groups is 1. The van der Waals surface area contributed by atoms with Gasteiger partial charge in [0, 0.05) is 80.6 Å². The van der Waals surface area contributed by atoms with E-state index in [0.717, 1.165) is 63.7 Å². The number of benzene rings is 2. The Hall–Kier alpha value is -5.98. The summed E-state index contributed by atoms with van der Waals surface area (Å²) in [6.45, 7) is 3.36.